The lowest BCUT2D eigenvalue weighted by Crippen LogP contribution is -2.24. The summed E-state index contributed by atoms with van der Waals surface area (Å²) in [6.45, 7) is 4.28. The van der Waals surface area contributed by atoms with E-state index in [-0.39, 0.29) is 17.1 Å². The number of hydrogen-bond donors (Lipinski definition) is 2. The van der Waals surface area contributed by atoms with Gasteiger partial charge in [-0.2, -0.15) is 0 Å². The second-order valence-electron chi connectivity index (χ2n) is 7.50. The molecule has 3 aromatic carbocycles. The Bertz CT molecular complexity index is 1100. The van der Waals surface area contributed by atoms with Gasteiger partial charge in [0.25, 0.3) is 0 Å². The number of carbonyl (C=O) groups excluding carboxylic acids is 2. The predicted molar refractivity (Wildman–Crippen MR) is 128 cm³/mol. The molecule has 0 radical (unpaired) electrons. The normalized spacial score (nSPS) is 13.4. The van der Waals surface area contributed by atoms with Crippen molar-refractivity contribution in [3.05, 3.63) is 78.4 Å². The van der Waals surface area contributed by atoms with Crippen LogP contribution in [0.2, 0.25) is 0 Å². The fourth-order valence-electron chi connectivity index (χ4n) is 3.72. The van der Waals surface area contributed by atoms with Crippen molar-refractivity contribution in [2.75, 3.05) is 22.1 Å². The molecule has 1 heterocycles. The van der Waals surface area contributed by atoms with E-state index >= 15 is 0 Å². The first-order chi connectivity index (χ1) is 15.0. The Morgan fingerprint density at radius 3 is 2.32 bits per heavy atom. The fourth-order valence-corrected chi connectivity index (χ4v) is 4.58. The average molecular weight is 432 g/mol. The lowest BCUT2D eigenvalue weighted by atomic mass is 10.1. The summed E-state index contributed by atoms with van der Waals surface area (Å²) in [6, 6.07) is 23.9. The highest BCUT2D eigenvalue weighted by Gasteiger charge is 2.23. The van der Waals surface area contributed by atoms with Crippen molar-refractivity contribution in [2.24, 2.45) is 0 Å². The second-order valence-corrected chi connectivity index (χ2v) is 8.92. The van der Waals surface area contributed by atoms with Crippen LogP contribution in [0.3, 0.4) is 0 Å². The number of fused-ring (bicyclic) bond motifs is 1. The Balaban J connectivity index is 1.45. The van der Waals surface area contributed by atoms with E-state index in [0.717, 1.165) is 34.9 Å². The summed E-state index contributed by atoms with van der Waals surface area (Å²) >= 11 is 1.49. The van der Waals surface area contributed by atoms with Gasteiger partial charge in [-0.25, -0.2) is 0 Å². The number of nitrogens with zero attached hydrogens (tertiary/aromatic N) is 1. The fraction of sp³-hybridized carbons (Fsp3) is 0.200. The van der Waals surface area contributed by atoms with Crippen molar-refractivity contribution in [3.8, 4) is 0 Å². The Kier molecular flexibility index (Phi) is 6.28. The van der Waals surface area contributed by atoms with Crippen LogP contribution in [0.1, 0.15) is 19.4 Å². The molecule has 1 unspecified atom stereocenters. The monoisotopic (exact) mass is 431 g/mol. The number of para-hydroxylation sites is 3. The third-order valence-electron chi connectivity index (χ3n) is 5.20. The molecule has 2 N–H and O–H groups in total. The van der Waals surface area contributed by atoms with Crippen LogP contribution in [0, 0.1) is 0 Å². The molecule has 158 valence electrons. The first kappa shape index (κ1) is 21.0. The van der Waals surface area contributed by atoms with Crippen molar-refractivity contribution in [1.82, 2.24) is 0 Å². The number of carbonyl (C=O) groups is 2. The number of anilines is 4. The Morgan fingerprint density at radius 1 is 0.903 bits per heavy atom. The van der Waals surface area contributed by atoms with E-state index in [2.05, 4.69) is 39.8 Å². The smallest absolute Gasteiger partial charge is 0.237 e. The average Bonchev–Trinajstić information content (AvgIpc) is 3.19. The van der Waals surface area contributed by atoms with Gasteiger partial charge in [-0.05, 0) is 61.4 Å². The van der Waals surface area contributed by atoms with Crippen LogP contribution in [-0.4, -0.2) is 23.6 Å². The van der Waals surface area contributed by atoms with Crippen molar-refractivity contribution < 1.29 is 9.59 Å². The number of hydrogen-bond acceptors (Lipinski definition) is 4. The number of benzene rings is 3. The Labute approximate surface area is 186 Å². The molecular formula is C25H25N3O2S. The van der Waals surface area contributed by atoms with Crippen LogP contribution in [0.4, 0.5) is 22.7 Å². The minimum Gasteiger partial charge on any atom is -0.339 e. The first-order valence-electron chi connectivity index (χ1n) is 10.3. The molecule has 31 heavy (non-hydrogen) atoms. The molecule has 0 aliphatic carbocycles. The highest BCUT2D eigenvalue weighted by Crippen LogP contribution is 2.38. The van der Waals surface area contributed by atoms with Gasteiger partial charge >= 0.3 is 0 Å². The maximum atomic E-state index is 12.9. The molecule has 0 aromatic heterocycles. The standard InChI is InChI=1S/C25H25N3O2S/c1-17(31-21-13-11-20(12-14-21)26-18(2)29)25(30)27-22-8-4-6-10-24(22)28-16-15-19-7-3-5-9-23(19)28/h3-14,17H,15-16H2,1-2H3,(H,26,29)(H,27,30). The summed E-state index contributed by atoms with van der Waals surface area (Å²) in [6.07, 6.45) is 0.999. The van der Waals surface area contributed by atoms with E-state index < -0.39 is 0 Å². The quantitative estimate of drug-likeness (QED) is 0.509. The van der Waals surface area contributed by atoms with E-state index in [0.29, 0.717) is 0 Å². The van der Waals surface area contributed by atoms with Gasteiger partial charge in [-0.15, -0.1) is 11.8 Å². The van der Waals surface area contributed by atoms with Crippen molar-refractivity contribution >= 4 is 46.3 Å². The summed E-state index contributed by atoms with van der Waals surface area (Å²) in [5.74, 6) is -0.150. The molecule has 1 atom stereocenters. The molecule has 0 saturated carbocycles. The zero-order valence-electron chi connectivity index (χ0n) is 17.6. The maximum absolute atomic E-state index is 12.9. The summed E-state index contributed by atoms with van der Waals surface area (Å²) < 4.78 is 0. The van der Waals surface area contributed by atoms with Gasteiger partial charge in [-0.3, -0.25) is 9.59 Å². The molecule has 5 nitrogen and oxygen atoms in total. The topological polar surface area (TPSA) is 61.4 Å². The van der Waals surface area contributed by atoms with E-state index in [9.17, 15) is 9.59 Å². The third-order valence-corrected chi connectivity index (χ3v) is 6.31. The lowest BCUT2D eigenvalue weighted by Gasteiger charge is -2.23. The van der Waals surface area contributed by atoms with Crippen LogP contribution in [0.5, 0.6) is 0 Å². The highest BCUT2D eigenvalue weighted by atomic mass is 32.2. The van der Waals surface area contributed by atoms with Crippen LogP contribution in [-0.2, 0) is 16.0 Å². The maximum Gasteiger partial charge on any atom is 0.237 e. The van der Waals surface area contributed by atoms with E-state index in [4.69, 9.17) is 0 Å². The molecule has 0 saturated heterocycles. The first-order valence-corrected chi connectivity index (χ1v) is 11.2. The zero-order chi connectivity index (χ0) is 21.8. The minimum absolute atomic E-state index is 0.0455. The van der Waals surface area contributed by atoms with Gasteiger partial charge in [0, 0.05) is 29.7 Å². The molecule has 2 amide bonds. The van der Waals surface area contributed by atoms with Gasteiger partial charge in [0.15, 0.2) is 0 Å². The third kappa shape index (κ3) is 4.91. The van der Waals surface area contributed by atoms with Gasteiger partial charge in [0.2, 0.25) is 11.8 Å². The summed E-state index contributed by atoms with van der Waals surface area (Å²) in [4.78, 5) is 27.3. The summed E-state index contributed by atoms with van der Waals surface area (Å²) in [7, 11) is 0. The lowest BCUT2D eigenvalue weighted by molar-refractivity contribution is -0.115. The molecule has 0 fully saturated rings. The summed E-state index contributed by atoms with van der Waals surface area (Å²) in [5.41, 5.74) is 5.10. The van der Waals surface area contributed by atoms with Gasteiger partial charge in [0.05, 0.1) is 16.6 Å². The molecule has 1 aliphatic rings. The SMILES string of the molecule is CC(=O)Nc1ccc(SC(C)C(=O)Nc2ccccc2N2CCc3ccccc32)cc1. The number of amides is 2. The second kappa shape index (κ2) is 9.27. The van der Waals surface area contributed by atoms with E-state index in [1.54, 1.807) is 0 Å². The molecule has 0 bridgehead atoms. The van der Waals surface area contributed by atoms with Crippen molar-refractivity contribution in [1.29, 1.82) is 0 Å². The highest BCUT2D eigenvalue weighted by molar-refractivity contribution is 8.00. The van der Waals surface area contributed by atoms with E-state index in [1.807, 2.05) is 55.5 Å². The van der Waals surface area contributed by atoms with Gasteiger partial charge in [-0.1, -0.05) is 30.3 Å². The van der Waals surface area contributed by atoms with Gasteiger partial charge in [0.1, 0.15) is 0 Å². The van der Waals surface area contributed by atoms with Crippen LogP contribution < -0.4 is 15.5 Å². The largest absolute Gasteiger partial charge is 0.339 e. The molecule has 6 heteroatoms. The number of rotatable bonds is 6. The van der Waals surface area contributed by atoms with Crippen molar-refractivity contribution in [3.63, 3.8) is 0 Å². The van der Waals surface area contributed by atoms with Crippen LogP contribution in [0.25, 0.3) is 0 Å². The molecular weight excluding hydrogens is 406 g/mol. The molecule has 1 aliphatic heterocycles. The Morgan fingerprint density at radius 2 is 1.58 bits per heavy atom. The minimum atomic E-state index is -0.273. The predicted octanol–water partition coefficient (Wildman–Crippen LogP) is 5.46. The van der Waals surface area contributed by atoms with Crippen molar-refractivity contribution in [2.45, 2.75) is 30.4 Å². The van der Waals surface area contributed by atoms with Gasteiger partial charge < -0.3 is 15.5 Å². The zero-order valence-corrected chi connectivity index (χ0v) is 18.4. The molecule has 3 aromatic rings. The number of nitrogens with one attached hydrogen (secondary N) is 2. The Hall–Kier alpha value is -3.25. The summed E-state index contributed by atoms with van der Waals surface area (Å²) in [5, 5.41) is 5.59. The number of thioether (sulfide) groups is 1. The van der Waals surface area contributed by atoms with Crippen LogP contribution in [0.15, 0.2) is 77.7 Å². The molecule has 4 rings (SSSR count). The molecule has 0 spiro atoms. The van der Waals surface area contributed by atoms with Crippen LogP contribution >= 0.6 is 11.8 Å². The van der Waals surface area contributed by atoms with E-state index in [1.165, 1.54) is 29.9 Å².